The van der Waals surface area contributed by atoms with E-state index in [-0.39, 0.29) is 6.10 Å². The van der Waals surface area contributed by atoms with Crippen LogP contribution in [0.1, 0.15) is 62.7 Å². The quantitative estimate of drug-likeness (QED) is 0.569. The number of aliphatic imine (C=N–C) groups is 1. The molecule has 5 unspecified atom stereocenters. The molecule has 5 heteroatoms. The van der Waals surface area contributed by atoms with Crippen LogP contribution in [0.15, 0.2) is 29.3 Å². The Morgan fingerprint density at radius 2 is 1.93 bits per heavy atom. The molecule has 30 heavy (non-hydrogen) atoms. The Kier molecular flexibility index (Phi) is 5.76. The van der Waals surface area contributed by atoms with Gasteiger partial charge in [-0.1, -0.05) is 36.2 Å². The van der Waals surface area contributed by atoms with Crippen molar-refractivity contribution in [1.29, 1.82) is 0 Å². The van der Waals surface area contributed by atoms with Crippen LogP contribution in [0.25, 0.3) is 0 Å². The summed E-state index contributed by atoms with van der Waals surface area (Å²) in [5.74, 6) is 2.07. The van der Waals surface area contributed by atoms with Crippen LogP contribution in [0.5, 0.6) is 0 Å². The zero-order valence-corrected chi connectivity index (χ0v) is 18.5. The van der Waals surface area contributed by atoms with Gasteiger partial charge in [-0.25, -0.2) is 0 Å². The van der Waals surface area contributed by atoms with E-state index in [1.807, 2.05) is 0 Å². The Bertz CT molecular complexity index is 758. The fraction of sp³-hybridized carbons (Fsp3) is 0.720. The minimum Gasteiger partial charge on any atom is -0.377 e. The van der Waals surface area contributed by atoms with Crippen molar-refractivity contribution in [3.8, 4) is 0 Å². The van der Waals surface area contributed by atoms with Gasteiger partial charge in [-0.2, -0.15) is 0 Å². The molecule has 1 aromatic rings. The van der Waals surface area contributed by atoms with Crippen LogP contribution in [0.3, 0.4) is 0 Å². The Morgan fingerprint density at radius 3 is 2.67 bits per heavy atom. The maximum absolute atomic E-state index is 6.21. The normalized spacial score (nSPS) is 34.7. The molecule has 5 nitrogen and oxygen atoms in total. The zero-order chi connectivity index (χ0) is 20.6. The fourth-order valence-corrected chi connectivity index (χ4v) is 6.29. The molecule has 0 aromatic heterocycles. The van der Waals surface area contributed by atoms with Gasteiger partial charge in [-0.15, -0.1) is 0 Å². The minimum absolute atomic E-state index is 0.153. The lowest BCUT2D eigenvalue weighted by Gasteiger charge is -2.63. The van der Waals surface area contributed by atoms with Crippen LogP contribution in [-0.4, -0.2) is 44.4 Å². The molecule has 0 bridgehead atoms. The van der Waals surface area contributed by atoms with E-state index < -0.39 is 0 Å². The highest BCUT2D eigenvalue weighted by Crippen LogP contribution is 2.62. The third-order valence-corrected chi connectivity index (χ3v) is 8.01. The van der Waals surface area contributed by atoms with Gasteiger partial charge >= 0.3 is 0 Å². The average Bonchev–Trinajstić information content (AvgIpc) is 3.15. The van der Waals surface area contributed by atoms with Crippen LogP contribution in [0, 0.1) is 24.2 Å². The van der Waals surface area contributed by atoms with Crippen molar-refractivity contribution in [3.63, 3.8) is 0 Å². The summed E-state index contributed by atoms with van der Waals surface area (Å²) in [6.07, 6.45) is 8.08. The SMILES string of the molecule is CCNC(=NCC1CCCOC1c1ccc(C)cc1)NC1C2CCOC2C12CCC2. The smallest absolute Gasteiger partial charge is 0.191 e. The molecule has 1 spiro atoms. The van der Waals surface area contributed by atoms with Gasteiger partial charge in [0.05, 0.1) is 12.2 Å². The zero-order valence-electron chi connectivity index (χ0n) is 18.5. The molecule has 2 saturated heterocycles. The van der Waals surface area contributed by atoms with E-state index in [4.69, 9.17) is 14.5 Å². The highest BCUT2D eigenvalue weighted by Gasteiger charge is 2.66. The molecular weight excluding hydrogens is 374 g/mol. The molecule has 4 fully saturated rings. The summed E-state index contributed by atoms with van der Waals surface area (Å²) >= 11 is 0. The Hall–Kier alpha value is -1.59. The third-order valence-electron chi connectivity index (χ3n) is 8.01. The maximum Gasteiger partial charge on any atom is 0.191 e. The first-order chi connectivity index (χ1) is 14.7. The lowest BCUT2D eigenvalue weighted by molar-refractivity contribution is -0.171. The summed E-state index contributed by atoms with van der Waals surface area (Å²) in [7, 11) is 0. The highest BCUT2D eigenvalue weighted by molar-refractivity contribution is 5.80. The fourth-order valence-electron chi connectivity index (χ4n) is 6.29. The Morgan fingerprint density at radius 1 is 1.10 bits per heavy atom. The molecule has 0 amide bonds. The summed E-state index contributed by atoms with van der Waals surface area (Å²) in [6.45, 7) is 7.76. The number of guanidine groups is 1. The second-order valence-corrected chi connectivity index (χ2v) is 9.78. The van der Waals surface area contributed by atoms with E-state index in [1.54, 1.807) is 0 Å². The van der Waals surface area contributed by atoms with Gasteiger partial charge in [0, 0.05) is 49.6 Å². The van der Waals surface area contributed by atoms with E-state index in [9.17, 15) is 0 Å². The second-order valence-electron chi connectivity index (χ2n) is 9.78. The highest BCUT2D eigenvalue weighted by atomic mass is 16.5. The first-order valence-electron chi connectivity index (χ1n) is 12.1. The standard InChI is InChI=1S/C25H37N3O2/c1-3-26-24(28-22-20-11-15-30-23(20)25(22)12-5-13-25)27-16-19-6-4-14-29-21(19)18-9-7-17(2)8-10-18/h7-10,19-23H,3-6,11-16H2,1-2H3,(H2,26,27,28). The molecular formula is C25H37N3O2. The van der Waals surface area contributed by atoms with Gasteiger partial charge in [0.25, 0.3) is 0 Å². The largest absolute Gasteiger partial charge is 0.377 e. The van der Waals surface area contributed by atoms with E-state index in [2.05, 4.69) is 48.7 Å². The molecule has 164 valence electrons. The van der Waals surface area contributed by atoms with Crippen LogP contribution in [0.2, 0.25) is 0 Å². The van der Waals surface area contributed by atoms with Gasteiger partial charge in [0.1, 0.15) is 0 Å². The first-order valence-corrected chi connectivity index (χ1v) is 12.1. The van der Waals surface area contributed by atoms with Gasteiger partial charge in [-0.05, 0) is 51.5 Å². The summed E-state index contributed by atoms with van der Waals surface area (Å²) in [4.78, 5) is 5.06. The molecule has 2 saturated carbocycles. The van der Waals surface area contributed by atoms with Gasteiger partial charge in [0.2, 0.25) is 0 Å². The molecule has 5 atom stereocenters. The van der Waals surface area contributed by atoms with Crippen molar-refractivity contribution < 1.29 is 9.47 Å². The number of fused-ring (bicyclic) bond motifs is 2. The lowest BCUT2D eigenvalue weighted by atomic mass is 9.46. The van der Waals surface area contributed by atoms with Gasteiger partial charge in [0.15, 0.2) is 5.96 Å². The number of hydrogen-bond acceptors (Lipinski definition) is 3. The lowest BCUT2D eigenvalue weighted by Crippen LogP contribution is -2.72. The molecule has 5 rings (SSSR count). The van der Waals surface area contributed by atoms with E-state index in [0.717, 1.165) is 38.7 Å². The van der Waals surface area contributed by atoms with Gasteiger partial charge in [-0.3, -0.25) is 4.99 Å². The van der Waals surface area contributed by atoms with Crippen molar-refractivity contribution in [2.75, 3.05) is 26.3 Å². The van der Waals surface area contributed by atoms with Crippen molar-refractivity contribution >= 4 is 5.96 Å². The number of rotatable bonds is 5. The average molecular weight is 412 g/mol. The van der Waals surface area contributed by atoms with E-state index in [1.165, 1.54) is 43.2 Å². The van der Waals surface area contributed by atoms with E-state index >= 15 is 0 Å². The molecule has 2 aliphatic carbocycles. The van der Waals surface area contributed by atoms with Crippen LogP contribution in [0.4, 0.5) is 0 Å². The van der Waals surface area contributed by atoms with Crippen molar-refractivity contribution in [2.45, 2.75) is 70.6 Å². The summed E-state index contributed by atoms with van der Waals surface area (Å²) < 4.78 is 12.3. The third kappa shape index (κ3) is 3.54. The predicted octanol–water partition coefficient (Wildman–Crippen LogP) is 3.98. The van der Waals surface area contributed by atoms with Crippen LogP contribution in [-0.2, 0) is 9.47 Å². The summed E-state index contributed by atoms with van der Waals surface area (Å²) in [6, 6.07) is 9.34. The van der Waals surface area contributed by atoms with E-state index in [0.29, 0.717) is 29.4 Å². The first kappa shape index (κ1) is 20.3. The molecule has 2 heterocycles. The Balaban J connectivity index is 1.28. The van der Waals surface area contributed by atoms with Crippen molar-refractivity contribution in [2.24, 2.45) is 22.2 Å². The number of hydrogen-bond donors (Lipinski definition) is 2. The Labute approximate surface area is 181 Å². The predicted molar refractivity (Wildman–Crippen MR) is 120 cm³/mol. The molecule has 0 radical (unpaired) electrons. The number of nitrogens with one attached hydrogen (secondary N) is 2. The minimum atomic E-state index is 0.153. The molecule has 4 aliphatic rings. The van der Waals surface area contributed by atoms with Gasteiger partial charge < -0.3 is 20.1 Å². The number of aryl methyl sites for hydroxylation is 1. The van der Waals surface area contributed by atoms with Crippen LogP contribution < -0.4 is 10.6 Å². The molecule has 2 aliphatic heterocycles. The molecule has 2 N–H and O–H groups in total. The molecule has 1 aromatic carbocycles. The van der Waals surface area contributed by atoms with Crippen LogP contribution >= 0.6 is 0 Å². The number of ether oxygens (including phenoxy) is 2. The second kappa shape index (κ2) is 8.51. The maximum atomic E-state index is 6.21. The number of benzene rings is 1. The topological polar surface area (TPSA) is 54.9 Å². The number of nitrogens with zero attached hydrogens (tertiary/aromatic N) is 1. The van der Waals surface area contributed by atoms with Crippen molar-refractivity contribution in [3.05, 3.63) is 35.4 Å². The summed E-state index contributed by atoms with van der Waals surface area (Å²) in [5.41, 5.74) is 2.95. The summed E-state index contributed by atoms with van der Waals surface area (Å²) in [5, 5.41) is 7.34. The monoisotopic (exact) mass is 411 g/mol. The van der Waals surface area contributed by atoms with Crippen molar-refractivity contribution in [1.82, 2.24) is 10.6 Å².